The van der Waals surface area contributed by atoms with Crippen molar-refractivity contribution in [3.63, 3.8) is 0 Å². The standard InChI is InChI=1S/C21H24N4O3S/c1-28-20-16-18(25(26)27)9-10-19(20)22-21(29)24-14-12-23(13-15-24)11-5-8-17-6-3-2-4-7-17/h2-10,16H,11-15H2,1H3,(H,22,29)/p+1/b8-5+. The molecule has 29 heavy (non-hydrogen) atoms. The Bertz CT molecular complexity index is 881. The fourth-order valence-corrected chi connectivity index (χ4v) is 3.54. The van der Waals surface area contributed by atoms with Crippen LogP contribution in [-0.2, 0) is 0 Å². The summed E-state index contributed by atoms with van der Waals surface area (Å²) in [5.74, 6) is 0.400. The number of hydrogen-bond donors (Lipinski definition) is 2. The van der Waals surface area contributed by atoms with Crippen molar-refractivity contribution in [3.05, 3.63) is 70.3 Å². The number of nitrogens with zero attached hydrogens (tertiary/aromatic N) is 2. The van der Waals surface area contributed by atoms with E-state index in [-0.39, 0.29) is 5.69 Å². The molecule has 1 fully saturated rings. The Balaban J connectivity index is 1.50. The van der Waals surface area contributed by atoms with Crippen LogP contribution in [0, 0.1) is 10.1 Å². The number of nitro benzene ring substituents is 1. The van der Waals surface area contributed by atoms with Crippen LogP contribution in [0.2, 0.25) is 0 Å². The van der Waals surface area contributed by atoms with Gasteiger partial charge in [-0.05, 0) is 29.9 Å². The molecule has 2 aromatic carbocycles. The molecule has 152 valence electrons. The van der Waals surface area contributed by atoms with E-state index in [1.807, 2.05) is 18.2 Å². The molecule has 2 aromatic rings. The molecule has 1 aliphatic rings. The molecule has 1 saturated heterocycles. The van der Waals surface area contributed by atoms with Gasteiger partial charge in [-0.2, -0.15) is 0 Å². The Kier molecular flexibility index (Phi) is 7.15. The number of hydrogen-bond acceptors (Lipinski definition) is 4. The summed E-state index contributed by atoms with van der Waals surface area (Å²) >= 11 is 5.54. The number of thiocarbonyl (C=S) groups is 1. The first kappa shape index (κ1) is 20.8. The molecule has 0 aromatic heterocycles. The van der Waals surface area contributed by atoms with E-state index in [0.29, 0.717) is 16.5 Å². The van der Waals surface area contributed by atoms with Crippen molar-refractivity contribution < 1.29 is 14.6 Å². The Hall–Kier alpha value is -2.97. The fourth-order valence-electron chi connectivity index (χ4n) is 3.25. The lowest BCUT2D eigenvalue weighted by Crippen LogP contribution is -3.14. The maximum absolute atomic E-state index is 10.9. The van der Waals surface area contributed by atoms with Crippen molar-refractivity contribution in [1.82, 2.24) is 4.90 Å². The van der Waals surface area contributed by atoms with E-state index in [4.69, 9.17) is 17.0 Å². The van der Waals surface area contributed by atoms with E-state index in [0.717, 1.165) is 32.7 Å². The SMILES string of the molecule is COc1cc([N+](=O)[O-])ccc1NC(=S)N1CC[NH+](C/C=C/c2ccccc2)CC1. The number of anilines is 1. The van der Waals surface area contributed by atoms with Gasteiger partial charge in [-0.15, -0.1) is 0 Å². The third-order valence-electron chi connectivity index (χ3n) is 4.91. The first-order valence-electron chi connectivity index (χ1n) is 9.50. The van der Waals surface area contributed by atoms with E-state index in [9.17, 15) is 10.1 Å². The van der Waals surface area contributed by atoms with Crippen molar-refractivity contribution in [3.8, 4) is 5.75 Å². The molecule has 1 aliphatic heterocycles. The number of nitrogens with one attached hydrogen (secondary N) is 2. The zero-order valence-corrected chi connectivity index (χ0v) is 17.2. The van der Waals surface area contributed by atoms with E-state index in [2.05, 4.69) is 34.5 Å². The molecule has 8 heteroatoms. The van der Waals surface area contributed by atoms with Crippen LogP contribution in [0.3, 0.4) is 0 Å². The van der Waals surface area contributed by atoms with Gasteiger partial charge in [0.2, 0.25) is 0 Å². The third kappa shape index (κ3) is 5.75. The maximum Gasteiger partial charge on any atom is 0.273 e. The van der Waals surface area contributed by atoms with Crippen LogP contribution in [0.25, 0.3) is 6.08 Å². The summed E-state index contributed by atoms with van der Waals surface area (Å²) in [6, 6.07) is 14.8. The lowest BCUT2D eigenvalue weighted by Gasteiger charge is -2.33. The van der Waals surface area contributed by atoms with Crippen LogP contribution in [0.5, 0.6) is 5.75 Å². The number of quaternary nitrogens is 1. The summed E-state index contributed by atoms with van der Waals surface area (Å²) in [4.78, 5) is 14.1. The topological polar surface area (TPSA) is 72.1 Å². The number of non-ortho nitro benzene ring substituents is 1. The largest absolute Gasteiger partial charge is 0.494 e. The van der Waals surface area contributed by atoms with Crippen molar-refractivity contribution in [2.45, 2.75) is 0 Å². The van der Waals surface area contributed by atoms with Gasteiger partial charge in [0.05, 0.1) is 56.5 Å². The van der Waals surface area contributed by atoms with Gasteiger partial charge in [-0.1, -0.05) is 36.4 Å². The summed E-state index contributed by atoms with van der Waals surface area (Å²) < 4.78 is 5.27. The highest BCUT2D eigenvalue weighted by molar-refractivity contribution is 7.80. The van der Waals surface area contributed by atoms with Crippen LogP contribution in [0.15, 0.2) is 54.6 Å². The minimum Gasteiger partial charge on any atom is -0.494 e. The zero-order valence-electron chi connectivity index (χ0n) is 16.3. The highest BCUT2D eigenvalue weighted by atomic mass is 32.1. The molecule has 0 aliphatic carbocycles. The highest BCUT2D eigenvalue weighted by Crippen LogP contribution is 2.29. The first-order valence-corrected chi connectivity index (χ1v) is 9.91. The van der Waals surface area contributed by atoms with Crippen molar-refractivity contribution in [2.24, 2.45) is 0 Å². The summed E-state index contributed by atoms with van der Waals surface area (Å²) in [7, 11) is 1.48. The lowest BCUT2D eigenvalue weighted by atomic mass is 10.2. The Morgan fingerprint density at radius 1 is 1.28 bits per heavy atom. The molecule has 0 atom stereocenters. The molecule has 0 radical (unpaired) electrons. The van der Waals surface area contributed by atoms with Gasteiger partial charge >= 0.3 is 0 Å². The van der Waals surface area contributed by atoms with Crippen LogP contribution >= 0.6 is 12.2 Å². The molecule has 0 saturated carbocycles. The van der Waals surface area contributed by atoms with Gasteiger partial charge in [0, 0.05) is 6.07 Å². The average molecular weight is 414 g/mol. The van der Waals surface area contributed by atoms with Gasteiger partial charge in [0.25, 0.3) is 5.69 Å². The monoisotopic (exact) mass is 413 g/mol. The maximum atomic E-state index is 10.9. The summed E-state index contributed by atoms with van der Waals surface area (Å²) in [5, 5.41) is 14.7. The zero-order chi connectivity index (χ0) is 20.6. The number of nitro groups is 1. The molecule has 3 rings (SSSR count). The second-order valence-electron chi connectivity index (χ2n) is 6.83. The van der Waals surface area contributed by atoms with E-state index in [1.165, 1.54) is 29.7 Å². The van der Waals surface area contributed by atoms with Crippen LogP contribution in [-0.4, -0.2) is 54.8 Å². The van der Waals surface area contributed by atoms with Gasteiger partial charge < -0.3 is 19.9 Å². The minimum absolute atomic E-state index is 0.0147. The van der Waals surface area contributed by atoms with Gasteiger partial charge in [0.1, 0.15) is 5.75 Å². The number of piperazine rings is 1. The van der Waals surface area contributed by atoms with Crippen LogP contribution in [0.4, 0.5) is 11.4 Å². The van der Waals surface area contributed by atoms with Crippen LogP contribution < -0.4 is 15.0 Å². The molecule has 0 amide bonds. The first-order chi connectivity index (χ1) is 14.1. The Morgan fingerprint density at radius 3 is 2.66 bits per heavy atom. The molecular formula is C21H25N4O3S+. The predicted octanol–water partition coefficient (Wildman–Crippen LogP) is 2.21. The molecule has 7 nitrogen and oxygen atoms in total. The van der Waals surface area contributed by atoms with Gasteiger partial charge in [0.15, 0.2) is 5.11 Å². The Labute approximate surface area is 175 Å². The summed E-state index contributed by atoms with van der Waals surface area (Å²) in [6.07, 6.45) is 4.38. The van der Waals surface area contributed by atoms with Gasteiger partial charge in [-0.25, -0.2) is 0 Å². The Morgan fingerprint density at radius 2 is 2.00 bits per heavy atom. The smallest absolute Gasteiger partial charge is 0.273 e. The summed E-state index contributed by atoms with van der Waals surface area (Å²) in [6.45, 7) is 4.70. The number of benzene rings is 2. The number of ether oxygens (including phenoxy) is 1. The number of methoxy groups -OCH3 is 1. The van der Waals surface area contributed by atoms with E-state index >= 15 is 0 Å². The predicted molar refractivity (Wildman–Crippen MR) is 118 cm³/mol. The van der Waals surface area contributed by atoms with Crippen molar-refractivity contribution >= 4 is 34.8 Å². The van der Waals surface area contributed by atoms with Gasteiger partial charge in [-0.3, -0.25) is 10.1 Å². The highest BCUT2D eigenvalue weighted by Gasteiger charge is 2.22. The van der Waals surface area contributed by atoms with Crippen molar-refractivity contribution in [2.75, 3.05) is 45.2 Å². The molecule has 2 N–H and O–H groups in total. The fraction of sp³-hybridized carbons (Fsp3) is 0.286. The second-order valence-corrected chi connectivity index (χ2v) is 7.21. The molecule has 0 bridgehead atoms. The minimum atomic E-state index is -0.446. The normalized spacial score (nSPS) is 14.7. The number of rotatable bonds is 6. The van der Waals surface area contributed by atoms with Crippen molar-refractivity contribution in [1.29, 1.82) is 0 Å². The van der Waals surface area contributed by atoms with Crippen LogP contribution in [0.1, 0.15) is 5.56 Å². The van der Waals surface area contributed by atoms with E-state index in [1.54, 1.807) is 6.07 Å². The molecular weight excluding hydrogens is 388 g/mol. The third-order valence-corrected chi connectivity index (χ3v) is 5.27. The quantitative estimate of drug-likeness (QED) is 0.430. The van der Waals surface area contributed by atoms with E-state index < -0.39 is 4.92 Å². The average Bonchev–Trinajstić information content (AvgIpc) is 2.75. The molecule has 0 unspecified atom stereocenters. The lowest BCUT2D eigenvalue weighted by molar-refractivity contribution is -0.897. The summed E-state index contributed by atoms with van der Waals surface area (Å²) in [5.41, 5.74) is 1.83. The molecule has 0 spiro atoms. The second kappa shape index (κ2) is 9.99. The molecule has 1 heterocycles.